The van der Waals surface area contributed by atoms with Crippen molar-refractivity contribution in [3.8, 4) is 0 Å². The molecule has 1 aliphatic heterocycles. The van der Waals surface area contributed by atoms with Gasteiger partial charge in [0, 0.05) is 25.2 Å². The summed E-state index contributed by atoms with van der Waals surface area (Å²) in [5, 5.41) is 12.4. The van der Waals surface area contributed by atoms with Crippen LogP contribution in [0.15, 0.2) is 63.6 Å². The highest BCUT2D eigenvalue weighted by atomic mass is 15.4. The summed E-state index contributed by atoms with van der Waals surface area (Å²) in [5.41, 5.74) is 11.8. The third-order valence-electron chi connectivity index (χ3n) is 5.05. The van der Waals surface area contributed by atoms with Gasteiger partial charge in [0.2, 0.25) is 5.96 Å². The molecule has 0 spiro atoms. The number of amidine groups is 1. The first-order chi connectivity index (χ1) is 14.8. The van der Waals surface area contributed by atoms with Crippen molar-refractivity contribution in [2.24, 2.45) is 15.1 Å². The summed E-state index contributed by atoms with van der Waals surface area (Å²) in [5.74, 6) is 1.60. The Bertz CT molecular complexity index is 1070. The number of guanidine groups is 1. The van der Waals surface area contributed by atoms with Crippen molar-refractivity contribution in [2.75, 3.05) is 19.6 Å². The standard InChI is InChI=1S/C23H27N7/c1-3-24-16(2)29-27-14-21-17-8-4-6-10-19(17)22(20-11-7-5-9-18(20)21)15-28-30-23-25-12-13-26-23/h4-11,14,28H,3,12-13,15H2,1-2H3,(H,24,29)(H2,25,26,30). The lowest BCUT2D eigenvalue weighted by Crippen LogP contribution is -2.42. The molecule has 0 aromatic heterocycles. The fourth-order valence-corrected chi connectivity index (χ4v) is 3.74. The third-order valence-corrected chi connectivity index (χ3v) is 5.05. The van der Waals surface area contributed by atoms with Gasteiger partial charge in [-0.3, -0.25) is 20.8 Å². The second kappa shape index (κ2) is 9.37. The van der Waals surface area contributed by atoms with Crippen molar-refractivity contribution in [3.63, 3.8) is 0 Å². The van der Waals surface area contributed by atoms with Crippen molar-refractivity contribution < 1.29 is 0 Å². The van der Waals surface area contributed by atoms with Gasteiger partial charge < -0.3 is 5.32 Å². The zero-order chi connectivity index (χ0) is 20.8. The number of rotatable bonds is 6. The molecule has 0 amide bonds. The predicted octanol–water partition coefficient (Wildman–Crippen LogP) is 2.91. The number of benzene rings is 3. The number of nitrogens with one attached hydrogen (secondary N) is 4. The maximum atomic E-state index is 4.45. The first-order valence-corrected chi connectivity index (χ1v) is 10.3. The van der Waals surface area contributed by atoms with E-state index < -0.39 is 0 Å². The summed E-state index contributed by atoms with van der Waals surface area (Å²) in [6.07, 6.45) is 1.89. The summed E-state index contributed by atoms with van der Waals surface area (Å²) >= 11 is 0. The Morgan fingerprint density at radius 1 is 1.07 bits per heavy atom. The molecule has 0 unspecified atom stereocenters. The molecule has 1 aliphatic rings. The fraction of sp³-hybridized carbons (Fsp3) is 0.261. The molecule has 0 aliphatic carbocycles. The summed E-state index contributed by atoms with van der Waals surface area (Å²) in [6.45, 7) is 7.01. The number of hydrogen-bond acceptors (Lipinski definition) is 6. The van der Waals surface area contributed by atoms with Gasteiger partial charge in [-0.05, 0) is 41.0 Å². The first-order valence-electron chi connectivity index (χ1n) is 10.3. The Labute approximate surface area is 176 Å². The van der Waals surface area contributed by atoms with Crippen molar-refractivity contribution in [1.29, 1.82) is 0 Å². The molecule has 30 heavy (non-hydrogen) atoms. The Hall–Kier alpha value is -3.45. The van der Waals surface area contributed by atoms with E-state index in [9.17, 15) is 0 Å². The number of hydrazine groups is 1. The van der Waals surface area contributed by atoms with E-state index in [1.807, 2.05) is 20.1 Å². The van der Waals surface area contributed by atoms with Crippen LogP contribution in [0.5, 0.6) is 0 Å². The summed E-state index contributed by atoms with van der Waals surface area (Å²) < 4.78 is 0. The molecule has 0 bridgehead atoms. The molecule has 3 aromatic carbocycles. The second-order valence-electron chi connectivity index (χ2n) is 7.05. The van der Waals surface area contributed by atoms with Crippen LogP contribution in [0.1, 0.15) is 25.0 Å². The van der Waals surface area contributed by atoms with Crippen molar-refractivity contribution in [1.82, 2.24) is 21.6 Å². The minimum absolute atomic E-state index is 0.666. The average Bonchev–Trinajstić information content (AvgIpc) is 3.29. The molecule has 4 N–H and O–H groups in total. The molecule has 4 rings (SSSR count). The quantitative estimate of drug-likeness (QED) is 0.221. The molecule has 0 saturated heterocycles. The van der Waals surface area contributed by atoms with Crippen LogP contribution in [0.25, 0.3) is 21.5 Å². The van der Waals surface area contributed by atoms with E-state index in [1.54, 1.807) is 0 Å². The summed E-state index contributed by atoms with van der Waals surface area (Å²) in [4.78, 5) is 8.69. The van der Waals surface area contributed by atoms with Crippen LogP contribution in [0.3, 0.4) is 0 Å². The van der Waals surface area contributed by atoms with E-state index in [-0.39, 0.29) is 0 Å². The van der Waals surface area contributed by atoms with E-state index in [1.165, 1.54) is 27.1 Å². The van der Waals surface area contributed by atoms with Crippen molar-refractivity contribution in [2.45, 2.75) is 20.4 Å². The third kappa shape index (κ3) is 4.26. The smallest absolute Gasteiger partial charge is 0.206 e. The van der Waals surface area contributed by atoms with Crippen LogP contribution in [0.2, 0.25) is 0 Å². The molecule has 1 heterocycles. The van der Waals surface area contributed by atoms with Crippen LogP contribution in [0.4, 0.5) is 0 Å². The van der Waals surface area contributed by atoms with E-state index in [2.05, 4.69) is 85.2 Å². The van der Waals surface area contributed by atoms with Crippen LogP contribution < -0.4 is 21.6 Å². The second-order valence-corrected chi connectivity index (χ2v) is 7.05. The number of hydrazone groups is 1. The van der Waals surface area contributed by atoms with Gasteiger partial charge in [-0.2, -0.15) is 5.10 Å². The van der Waals surface area contributed by atoms with Crippen LogP contribution in [-0.2, 0) is 6.54 Å². The monoisotopic (exact) mass is 401 g/mol. The summed E-state index contributed by atoms with van der Waals surface area (Å²) in [6, 6.07) is 16.9. The Morgan fingerprint density at radius 3 is 2.33 bits per heavy atom. The van der Waals surface area contributed by atoms with Crippen molar-refractivity contribution >= 4 is 39.6 Å². The van der Waals surface area contributed by atoms with Gasteiger partial charge in [0.25, 0.3) is 0 Å². The molecular formula is C23H27N7. The highest BCUT2D eigenvalue weighted by Crippen LogP contribution is 2.32. The van der Waals surface area contributed by atoms with Gasteiger partial charge >= 0.3 is 0 Å². The largest absolute Gasteiger partial charge is 0.353 e. The minimum Gasteiger partial charge on any atom is -0.353 e. The number of aliphatic imine (C=N–C) groups is 2. The molecule has 154 valence electrons. The average molecular weight is 402 g/mol. The van der Waals surface area contributed by atoms with Gasteiger partial charge in [-0.1, -0.05) is 48.5 Å². The molecule has 0 radical (unpaired) electrons. The van der Waals surface area contributed by atoms with Crippen molar-refractivity contribution in [3.05, 3.63) is 59.7 Å². The van der Waals surface area contributed by atoms with E-state index in [0.29, 0.717) is 6.54 Å². The zero-order valence-corrected chi connectivity index (χ0v) is 17.4. The first kappa shape index (κ1) is 19.8. The maximum absolute atomic E-state index is 4.45. The van der Waals surface area contributed by atoms with Gasteiger partial charge in [-0.25, -0.2) is 5.43 Å². The lowest BCUT2D eigenvalue weighted by atomic mass is 9.92. The highest BCUT2D eigenvalue weighted by Gasteiger charge is 2.13. The molecule has 7 heteroatoms. The topological polar surface area (TPSA) is 85.2 Å². The van der Waals surface area contributed by atoms with Gasteiger partial charge in [-0.15, -0.1) is 0 Å². The SMILES string of the molecule is CCN=C(C)NN=Cc1c2ccccc2c(CNNC2=NCCN2)c2ccccc12. The van der Waals surface area contributed by atoms with E-state index in [0.717, 1.165) is 37.0 Å². The highest BCUT2D eigenvalue weighted by molar-refractivity contribution is 6.15. The Morgan fingerprint density at radius 2 is 1.73 bits per heavy atom. The molecule has 0 atom stereocenters. The summed E-state index contributed by atoms with van der Waals surface area (Å²) in [7, 11) is 0. The molecule has 7 nitrogen and oxygen atoms in total. The van der Waals surface area contributed by atoms with Gasteiger partial charge in [0.15, 0.2) is 0 Å². The maximum Gasteiger partial charge on any atom is 0.206 e. The number of fused-ring (bicyclic) bond motifs is 2. The Kier molecular flexibility index (Phi) is 6.20. The van der Waals surface area contributed by atoms with E-state index in [4.69, 9.17) is 0 Å². The molecule has 3 aromatic rings. The normalized spacial score (nSPS) is 14.3. The van der Waals surface area contributed by atoms with Gasteiger partial charge in [0.1, 0.15) is 5.84 Å². The Balaban J connectivity index is 1.73. The fourth-order valence-electron chi connectivity index (χ4n) is 3.74. The van der Waals surface area contributed by atoms with E-state index >= 15 is 0 Å². The van der Waals surface area contributed by atoms with Crippen LogP contribution in [-0.4, -0.2) is 37.6 Å². The molecule has 0 fully saturated rings. The zero-order valence-electron chi connectivity index (χ0n) is 17.4. The molecular weight excluding hydrogens is 374 g/mol. The lowest BCUT2D eigenvalue weighted by molar-refractivity contribution is 0.647. The molecule has 0 saturated carbocycles. The lowest BCUT2D eigenvalue weighted by Gasteiger charge is -2.16. The van der Waals surface area contributed by atoms with Gasteiger partial charge in [0.05, 0.1) is 12.8 Å². The van der Waals surface area contributed by atoms with Crippen LogP contribution in [0, 0.1) is 0 Å². The van der Waals surface area contributed by atoms with Crippen LogP contribution >= 0.6 is 0 Å². The number of nitrogens with zero attached hydrogens (tertiary/aromatic N) is 3. The number of hydrogen-bond donors (Lipinski definition) is 4. The predicted molar refractivity (Wildman–Crippen MR) is 126 cm³/mol. The minimum atomic E-state index is 0.666.